The molecule has 0 bridgehead atoms. The first-order valence-corrected chi connectivity index (χ1v) is 7.09. The third kappa shape index (κ3) is 2.85. The van der Waals surface area contributed by atoms with Crippen molar-refractivity contribution in [1.29, 1.82) is 0 Å². The Morgan fingerprint density at radius 1 is 1.53 bits per heavy atom. The van der Waals surface area contributed by atoms with Crippen LogP contribution < -0.4 is 4.72 Å². The van der Waals surface area contributed by atoms with Gasteiger partial charge in [-0.05, 0) is 19.1 Å². The average Bonchev–Trinajstić information content (AvgIpc) is 2.31. The van der Waals surface area contributed by atoms with Crippen molar-refractivity contribution in [2.45, 2.75) is 13.5 Å². The zero-order valence-corrected chi connectivity index (χ0v) is 11.0. The Balaban J connectivity index is 2.27. The highest BCUT2D eigenvalue weighted by atomic mass is 32.2. The molecule has 1 aromatic carbocycles. The number of halogens is 1. The Bertz CT molecular complexity index is 603. The quantitative estimate of drug-likeness (QED) is 0.837. The number of ether oxygens (including phenoxy) is 1. The van der Waals surface area contributed by atoms with Crippen molar-refractivity contribution in [3.8, 4) is 0 Å². The van der Waals surface area contributed by atoms with Gasteiger partial charge in [-0.3, -0.25) is 9.52 Å². The number of hydrogen-bond acceptors (Lipinski definition) is 4. The maximum Gasteiger partial charge on any atom is 0.321 e. The molecule has 0 spiro atoms. The molecular weight excluding hydrogens is 275 g/mol. The van der Waals surface area contributed by atoms with E-state index in [1.54, 1.807) is 6.92 Å². The van der Waals surface area contributed by atoms with Gasteiger partial charge in [-0.1, -0.05) is 6.07 Å². The Labute approximate surface area is 110 Å². The third-order valence-electron chi connectivity index (χ3n) is 2.64. The Morgan fingerprint density at radius 3 is 2.95 bits per heavy atom. The molecule has 19 heavy (non-hydrogen) atoms. The molecule has 0 atom stereocenters. The average molecular weight is 288 g/mol. The minimum absolute atomic E-state index is 0.158. The fourth-order valence-electron chi connectivity index (χ4n) is 1.77. The van der Waals surface area contributed by atoms with Crippen LogP contribution in [-0.2, 0) is 26.3 Å². The lowest BCUT2D eigenvalue weighted by Crippen LogP contribution is -2.43. The minimum Gasteiger partial charge on any atom is -0.465 e. The van der Waals surface area contributed by atoms with Crippen LogP contribution in [0.3, 0.4) is 0 Å². The molecule has 1 aromatic rings. The number of fused-ring (bicyclic) bond motifs is 1. The van der Waals surface area contributed by atoms with E-state index in [4.69, 9.17) is 0 Å². The molecule has 1 heterocycles. The van der Waals surface area contributed by atoms with Crippen LogP contribution in [0.25, 0.3) is 0 Å². The van der Waals surface area contributed by atoms with Gasteiger partial charge in [0.15, 0.2) is 0 Å². The van der Waals surface area contributed by atoms with Gasteiger partial charge in [0, 0.05) is 12.1 Å². The lowest BCUT2D eigenvalue weighted by Gasteiger charge is -2.28. The van der Waals surface area contributed by atoms with Crippen molar-refractivity contribution in [3.63, 3.8) is 0 Å². The van der Waals surface area contributed by atoms with Crippen molar-refractivity contribution in [2.24, 2.45) is 0 Å². The number of carbonyl (C=O) groups is 1. The Morgan fingerprint density at radius 2 is 2.26 bits per heavy atom. The van der Waals surface area contributed by atoms with E-state index < -0.39 is 28.5 Å². The Kier molecular flexibility index (Phi) is 3.72. The molecule has 0 saturated carbocycles. The molecule has 0 unspecified atom stereocenters. The number of esters is 1. The van der Waals surface area contributed by atoms with Crippen molar-refractivity contribution in [1.82, 2.24) is 4.31 Å². The number of rotatable bonds is 3. The monoisotopic (exact) mass is 288 g/mol. The molecule has 104 valence electrons. The van der Waals surface area contributed by atoms with E-state index in [0.717, 1.165) is 4.31 Å². The van der Waals surface area contributed by atoms with Crippen molar-refractivity contribution in [3.05, 3.63) is 29.6 Å². The maximum atomic E-state index is 13.6. The van der Waals surface area contributed by atoms with Crippen LogP contribution >= 0.6 is 0 Å². The standard InChI is InChI=1S/C11H13FN2O4S/c1-2-18-11(15)7-14-6-8-9(12)4-3-5-10(8)13-19(14,16)17/h3-5,13H,2,6-7H2,1H3. The third-order valence-corrected chi connectivity index (χ3v) is 4.06. The second-order valence-electron chi connectivity index (χ2n) is 3.95. The van der Waals surface area contributed by atoms with E-state index in [1.807, 2.05) is 0 Å². The summed E-state index contributed by atoms with van der Waals surface area (Å²) in [5.41, 5.74) is 0.404. The molecule has 0 aliphatic carbocycles. The summed E-state index contributed by atoms with van der Waals surface area (Å²) in [6.07, 6.45) is 0. The van der Waals surface area contributed by atoms with E-state index in [0.29, 0.717) is 0 Å². The molecular formula is C11H13FN2O4S. The molecule has 1 N–H and O–H groups in total. The molecule has 6 nitrogen and oxygen atoms in total. The molecule has 0 aromatic heterocycles. The van der Waals surface area contributed by atoms with E-state index in [-0.39, 0.29) is 24.4 Å². The second-order valence-corrected chi connectivity index (χ2v) is 5.62. The van der Waals surface area contributed by atoms with Crippen LogP contribution in [0.1, 0.15) is 12.5 Å². The van der Waals surface area contributed by atoms with Crippen LogP contribution in [0.4, 0.5) is 10.1 Å². The normalized spacial score (nSPS) is 17.4. The van der Waals surface area contributed by atoms with Gasteiger partial charge in [0.25, 0.3) is 0 Å². The van der Waals surface area contributed by atoms with Gasteiger partial charge in [0.2, 0.25) is 0 Å². The van der Waals surface area contributed by atoms with Gasteiger partial charge in [-0.2, -0.15) is 12.7 Å². The van der Waals surface area contributed by atoms with Gasteiger partial charge in [0.05, 0.1) is 12.3 Å². The fraction of sp³-hybridized carbons (Fsp3) is 0.364. The Hall–Kier alpha value is -1.67. The summed E-state index contributed by atoms with van der Waals surface area (Å²) in [5, 5.41) is 0. The molecule has 1 aliphatic heterocycles. The van der Waals surface area contributed by atoms with Gasteiger partial charge in [0.1, 0.15) is 12.4 Å². The molecule has 0 amide bonds. The van der Waals surface area contributed by atoms with E-state index >= 15 is 0 Å². The van der Waals surface area contributed by atoms with Crippen LogP contribution in [0.2, 0.25) is 0 Å². The fourth-order valence-corrected chi connectivity index (χ4v) is 2.94. The summed E-state index contributed by atoms with van der Waals surface area (Å²) >= 11 is 0. The highest BCUT2D eigenvalue weighted by molar-refractivity contribution is 7.90. The number of nitrogens with zero attached hydrogens (tertiary/aromatic N) is 1. The van der Waals surface area contributed by atoms with E-state index in [2.05, 4.69) is 9.46 Å². The summed E-state index contributed by atoms with van der Waals surface area (Å²) in [4.78, 5) is 11.3. The van der Waals surface area contributed by atoms with Crippen molar-refractivity contribution in [2.75, 3.05) is 17.9 Å². The highest BCUT2D eigenvalue weighted by Crippen LogP contribution is 2.28. The van der Waals surface area contributed by atoms with Crippen LogP contribution in [0, 0.1) is 5.82 Å². The van der Waals surface area contributed by atoms with E-state index in [9.17, 15) is 17.6 Å². The van der Waals surface area contributed by atoms with Crippen LogP contribution in [0.15, 0.2) is 18.2 Å². The number of carbonyl (C=O) groups excluding carboxylic acids is 1. The first-order chi connectivity index (χ1) is 8.94. The SMILES string of the molecule is CCOC(=O)CN1Cc2c(F)cccc2NS1(=O)=O. The zero-order chi connectivity index (χ0) is 14.0. The van der Waals surface area contributed by atoms with Crippen molar-refractivity contribution >= 4 is 21.9 Å². The van der Waals surface area contributed by atoms with Gasteiger partial charge >= 0.3 is 16.2 Å². The van der Waals surface area contributed by atoms with Crippen LogP contribution in [-0.4, -0.2) is 31.8 Å². The predicted octanol–water partition coefficient (Wildman–Crippen LogP) is 0.861. The summed E-state index contributed by atoms with van der Waals surface area (Å²) in [5.74, 6) is -1.19. The number of hydrogen-bond donors (Lipinski definition) is 1. The largest absolute Gasteiger partial charge is 0.465 e. The lowest BCUT2D eigenvalue weighted by molar-refractivity contribution is -0.143. The first kappa shape index (κ1) is 13.8. The molecule has 0 fully saturated rings. The topological polar surface area (TPSA) is 75.7 Å². The molecule has 0 saturated heterocycles. The zero-order valence-electron chi connectivity index (χ0n) is 10.2. The molecule has 1 aliphatic rings. The maximum absolute atomic E-state index is 13.6. The second kappa shape index (κ2) is 5.14. The summed E-state index contributed by atoms with van der Waals surface area (Å²) in [6.45, 7) is 1.13. The number of anilines is 1. The number of nitrogens with one attached hydrogen (secondary N) is 1. The first-order valence-electron chi connectivity index (χ1n) is 5.65. The van der Waals surface area contributed by atoms with Gasteiger partial charge in [-0.25, -0.2) is 4.39 Å². The molecule has 8 heteroatoms. The summed E-state index contributed by atoms with van der Waals surface area (Å²) in [6, 6.07) is 4.12. The molecule has 2 rings (SSSR count). The molecule has 0 radical (unpaired) electrons. The van der Waals surface area contributed by atoms with Gasteiger partial charge < -0.3 is 4.74 Å². The predicted molar refractivity (Wildman–Crippen MR) is 66.0 cm³/mol. The minimum atomic E-state index is -3.85. The van der Waals surface area contributed by atoms with Gasteiger partial charge in [-0.15, -0.1) is 0 Å². The summed E-state index contributed by atoms with van der Waals surface area (Å²) in [7, 11) is -3.85. The number of benzene rings is 1. The van der Waals surface area contributed by atoms with Crippen molar-refractivity contribution < 1.29 is 22.3 Å². The van der Waals surface area contributed by atoms with Crippen LogP contribution in [0.5, 0.6) is 0 Å². The highest BCUT2D eigenvalue weighted by Gasteiger charge is 2.32. The lowest BCUT2D eigenvalue weighted by atomic mass is 10.1. The van der Waals surface area contributed by atoms with E-state index in [1.165, 1.54) is 18.2 Å². The smallest absolute Gasteiger partial charge is 0.321 e. The summed E-state index contributed by atoms with van der Waals surface area (Å²) < 4.78 is 45.1.